The fraction of sp³-hybridized carbons (Fsp3) is 0.261. The zero-order chi connectivity index (χ0) is 22.6. The van der Waals surface area contributed by atoms with Crippen LogP contribution in [0, 0.1) is 0 Å². The van der Waals surface area contributed by atoms with Crippen LogP contribution in [-0.4, -0.2) is 34.7 Å². The molecule has 0 radical (unpaired) electrons. The second-order valence-corrected chi connectivity index (χ2v) is 8.41. The van der Waals surface area contributed by atoms with Crippen molar-refractivity contribution in [3.05, 3.63) is 70.9 Å². The second kappa shape index (κ2) is 9.22. The summed E-state index contributed by atoms with van der Waals surface area (Å²) in [5, 5.41) is 7.19. The van der Waals surface area contributed by atoms with Crippen molar-refractivity contribution in [3.63, 3.8) is 0 Å². The number of carbonyl (C=O) groups excluding carboxylic acids is 2. The lowest BCUT2D eigenvalue weighted by Crippen LogP contribution is -2.34. The summed E-state index contributed by atoms with van der Waals surface area (Å²) in [5.41, 5.74) is 1.48. The van der Waals surface area contributed by atoms with E-state index in [9.17, 15) is 9.59 Å². The van der Waals surface area contributed by atoms with Crippen LogP contribution in [0.4, 0.5) is 10.5 Å². The number of nitrogens with zero attached hydrogens (tertiary/aromatic N) is 2. The molecule has 2 aromatic carbocycles. The van der Waals surface area contributed by atoms with Gasteiger partial charge in [0.1, 0.15) is 5.60 Å². The van der Waals surface area contributed by atoms with Crippen LogP contribution >= 0.6 is 11.6 Å². The number of anilines is 1. The Morgan fingerprint density at radius 3 is 2.52 bits per heavy atom. The third kappa shape index (κ3) is 5.86. The van der Waals surface area contributed by atoms with Crippen molar-refractivity contribution in [2.75, 3.05) is 12.4 Å². The smallest absolute Gasteiger partial charge is 0.410 e. The van der Waals surface area contributed by atoms with Gasteiger partial charge in [0.2, 0.25) is 0 Å². The lowest BCUT2D eigenvalue weighted by atomic mass is 10.1. The summed E-state index contributed by atoms with van der Waals surface area (Å²) in [7, 11) is 1.64. The molecule has 162 valence electrons. The van der Waals surface area contributed by atoms with E-state index < -0.39 is 17.6 Å². The molecule has 0 saturated heterocycles. The summed E-state index contributed by atoms with van der Waals surface area (Å²) in [6, 6.07) is 15.9. The summed E-state index contributed by atoms with van der Waals surface area (Å²) in [5.74, 6) is -0.0388. The molecule has 0 atom stereocenters. The maximum atomic E-state index is 12.7. The number of hydrogen-bond acceptors (Lipinski definition) is 5. The zero-order valence-electron chi connectivity index (χ0n) is 17.8. The van der Waals surface area contributed by atoms with Crippen LogP contribution in [0.5, 0.6) is 0 Å². The van der Waals surface area contributed by atoms with Gasteiger partial charge < -0.3 is 19.5 Å². The van der Waals surface area contributed by atoms with Crippen molar-refractivity contribution >= 4 is 29.3 Å². The number of para-hydroxylation sites is 1. The van der Waals surface area contributed by atoms with Crippen molar-refractivity contribution in [1.29, 1.82) is 0 Å². The van der Waals surface area contributed by atoms with Crippen molar-refractivity contribution < 1.29 is 18.8 Å². The predicted octanol–water partition coefficient (Wildman–Crippen LogP) is 5.61. The third-order valence-corrected chi connectivity index (χ3v) is 4.59. The highest BCUT2D eigenvalue weighted by Crippen LogP contribution is 2.28. The van der Waals surface area contributed by atoms with E-state index in [1.807, 2.05) is 39.0 Å². The Labute approximate surface area is 185 Å². The summed E-state index contributed by atoms with van der Waals surface area (Å²) < 4.78 is 10.7. The minimum atomic E-state index is -0.592. The Morgan fingerprint density at radius 2 is 1.81 bits per heavy atom. The molecular weight excluding hydrogens is 418 g/mol. The van der Waals surface area contributed by atoms with Crippen LogP contribution in [0.15, 0.2) is 59.1 Å². The highest BCUT2D eigenvalue weighted by molar-refractivity contribution is 6.33. The number of aromatic nitrogens is 1. The summed E-state index contributed by atoms with van der Waals surface area (Å²) >= 11 is 6.18. The maximum Gasteiger partial charge on any atom is 0.410 e. The van der Waals surface area contributed by atoms with E-state index in [1.54, 1.807) is 37.4 Å². The van der Waals surface area contributed by atoms with Gasteiger partial charge in [-0.2, -0.15) is 0 Å². The van der Waals surface area contributed by atoms with Gasteiger partial charge in [-0.15, -0.1) is 0 Å². The fourth-order valence-corrected chi connectivity index (χ4v) is 3.03. The summed E-state index contributed by atoms with van der Waals surface area (Å²) in [6.07, 6.45) is -0.450. The van der Waals surface area contributed by atoms with Gasteiger partial charge in [0, 0.05) is 24.4 Å². The number of benzene rings is 2. The molecule has 0 unspecified atom stereocenters. The first-order valence-electron chi connectivity index (χ1n) is 9.69. The number of ether oxygens (including phenoxy) is 1. The predicted molar refractivity (Wildman–Crippen MR) is 119 cm³/mol. The molecule has 7 nitrogen and oxygen atoms in total. The first kappa shape index (κ1) is 22.4. The first-order valence-corrected chi connectivity index (χ1v) is 10.1. The van der Waals surface area contributed by atoms with Crippen molar-refractivity contribution in [2.24, 2.45) is 0 Å². The van der Waals surface area contributed by atoms with Crippen LogP contribution in [-0.2, 0) is 11.3 Å². The molecule has 0 fully saturated rings. The highest BCUT2D eigenvalue weighted by Gasteiger charge is 2.21. The quantitative estimate of drug-likeness (QED) is 0.555. The van der Waals surface area contributed by atoms with E-state index in [2.05, 4.69) is 10.5 Å². The average molecular weight is 442 g/mol. The number of carbonyl (C=O) groups is 2. The van der Waals surface area contributed by atoms with E-state index in [1.165, 1.54) is 11.0 Å². The highest BCUT2D eigenvalue weighted by atomic mass is 35.5. The average Bonchev–Trinajstić information content (AvgIpc) is 3.18. The van der Waals surface area contributed by atoms with Crippen molar-refractivity contribution in [3.8, 4) is 11.3 Å². The van der Waals surface area contributed by atoms with Gasteiger partial charge in [-0.05, 0) is 44.5 Å². The van der Waals surface area contributed by atoms with Gasteiger partial charge in [0.15, 0.2) is 11.5 Å². The fourth-order valence-electron chi connectivity index (χ4n) is 2.80. The molecule has 3 aromatic rings. The molecule has 2 amide bonds. The molecule has 0 aliphatic heterocycles. The first-order chi connectivity index (χ1) is 14.6. The van der Waals surface area contributed by atoms with Crippen molar-refractivity contribution in [2.45, 2.75) is 32.9 Å². The Kier molecular flexibility index (Phi) is 6.65. The molecule has 1 aromatic heterocycles. The maximum absolute atomic E-state index is 12.7. The number of rotatable bonds is 5. The molecule has 1 N–H and O–H groups in total. The lowest BCUT2D eigenvalue weighted by molar-refractivity contribution is 0.0285. The van der Waals surface area contributed by atoms with E-state index in [0.717, 1.165) is 5.56 Å². The van der Waals surface area contributed by atoms with Gasteiger partial charge in [-0.25, -0.2) is 4.79 Å². The normalized spacial score (nSPS) is 11.1. The van der Waals surface area contributed by atoms with Crippen LogP contribution in [0.3, 0.4) is 0 Å². The van der Waals surface area contributed by atoms with Crippen LogP contribution in [0.1, 0.15) is 36.8 Å². The van der Waals surface area contributed by atoms with Gasteiger partial charge in [0.25, 0.3) is 5.91 Å². The van der Waals surface area contributed by atoms with E-state index in [0.29, 0.717) is 22.0 Å². The number of amides is 2. The molecular formula is C23H24ClN3O4. The minimum absolute atomic E-state index is 0.116. The molecule has 0 aliphatic rings. The van der Waals surface area contributed by atoms with Gasteiger partial charge in [-0.3, -0.25) is 4.79 Å². The molecule has 0 aliphatic carbocycles. The second-order valence-electron chi connectivity index (χ2n) is 8.00. The van der Waals surface area contributed by atoms with Crippen molar-refractivity contribution in [1.82, 2.24) is 10.1 Å². The van der Waals surface area contributed by atoms with Crippen LogP contribution in [0.2, 0.25) is 5.02 Å². The van der Waals surface area contributed by atoms with E-state index >= 15 is 0 Å². The van der Waals surface area contributed by atoms with E-state index in [4.69, 9.17) is 20.9 Å². The monoisotopic (exact) mass is 441 g/mol. The van der Waals surface area contributed by atoms with Gasteiger partial charge in [-0.1, -0.05) is 47.1 Å². The molecule has 0 bridgehead atoms. The molecule has 8 heteroatoms. The largest absolute Gasteiger partial charge is 0.444 e. The standard InChI is InChI=1S/C23H24ClN3O4/c1-23(2,3)30-22(29)27(4)14-15-9-5-8-12-18(15)25-21(28)19-13-20(31-26-19)16-10-6-7-11-17(16)24/h5-13H,14H2,1-4H3,(H,25,28). The molecule has 0 spiro atoms. The number of halogens is 1. The third-order valence-electron chi connectivity index (χ3n) is 4.26. The summed E-state index contributed by atoms with van der Waals surface area (Å²) in [4.78, 5) is 26.4. The Bertz CT molecular complexity index is 1090. The Balaban J connectivity index is 1.73. The summed E-state index contributed by atoms with van der Waals surface area (Å²) in [6.45, 7) is 5.68. The van der Waals surface area contributed by atoms with Gasteiger partial charge >= 0.3 is 6.09 Å². The minimum Gasteiger partial charge on any atom is -0.444 e. The Morgan fingerprint density at radius 1 is 1.13 bits per heavy atom. The number of hydrogen-bond donors (Lipinski definition) is 1. The number of nitrogens with one attached hydrogen (secondary N) is 1. The SMILES string of the molecule is CN(Cc1ccccc1NC(=O)c1cc(-c2ccccc2Cl)on1)C(=O)OC(C)(C)C. The molecule has 31 heavy (non-hydrogen) atoms. The van der Waals surface area contributed by atoms with Crippen LogP contribution < -0.4 is 5.32 Å². The molecule has 1 heterocycles. The molecule has 3 rings (SSSR count). The van der Waals surface area contributed by atoms with Gasteiger partial charge in [0.05, 0.1) is 11.6 Å². The lowest BCUT2D eigenvalue weighted by Gasteiger charge is -2.25. The molecule has 0 saturated carbocycles. The zero-order valence-corrected chi connectivity index (χ0v) is 18.6. The Hall–Kier alpha value is -3.32. The van der Waals surface area contributed by atoms with Crippen LogP contribution in [0.25, 0.3) is 11.3 Å². The van der Waals surface area contributed by atoms with E-state index in [-0.39, 0.29) is 12.2 Å². The topological polar surface area (TPSA) is 84.7 Å².